The molecule has 0 aliphatic rings. The fourth-order valence-corrected chi connectivity index (χ4v) is 3.81. The number of aryl methyl sites for hydroxylation is 1. The van der Waals surface area contributed by atoms with Crippen molar-refractivity contribution in [1.82, 2.24) is 9.55 Å². The topological polar surface area (TPSA) is 64.0 Å². The van der Waals surface area contributed by atoms with E-state index in [4.69, 9.17) is 0 Å². The van der Waals surface area contributed by atoms with Crippen LogP contribution in [-0.2, 0) is 10.0 Å². The number of sulfonamides is 1. The van der Waals surface area contributed by atoms with Crippen molar-refractivity contribution >= 4 is 26.7 Å². The third kappa shape index (κ3) is 2.99. The second-order valence-corrected chi connectivity index (χ2v) is 7.57. The minimum Gasteiger partial charge on any atom is -0.326 e. The minimum atomic E-state index is -3.77. The number of benzene rings is 2. The molecule has 0 atom stereocenters. The highest BCUT2D eigenvalue weighted by Crippen LogP contribution is 2.25. The molecule has 126 valence electrons. The molecule has 0 fully saturated rings. The van der Waals surface area contributed by atoms with Crippen molar-refractivity contribution in [2.24, 2.45) is 0 Å². The number of imidazole rings is 1. The van der Waals surface area contributed by atoms with Crippen LogP contribution in [0, 0.1) is 12.7 Å². The molecule has 24 heavy (non-hydrogen) atoms. The number of hydrogen-bond donors (Lipinski definition) is 1. The molecule has 0 saturated heterocycles. The number of rotatable bonds is 4. The summed E-state index contributed by atoms with van der Waals surface area (Å²) in [5, 5.41) is 0. The van der Waals surface area contributed by atoms with Crippen molar-refractivity contribution in [3.05, 3.63) is 54.1 Å². The van der Waals surface area contributed by atoms with Gasteiger partial charge in [-0.15, -0.1) is 0 Å². The maximum Gasteiger partial charge on any atom is 0.261 e. The van der Waals surface area contributed by atoms with Crippen LogP contribution in [0.15, 0.2) is 47.4 Å². The van der Waals surface area contributed by atoms with Gasteiger partial charge >= 0.3 is 0 Å². The first-order chi connectivity index (χ1) is 11.3. The number of aromatic nitrogens is 2. The number of nitrogens with one attached hydrogen (secondary N) is 1. The van der Waals surface area contributed by atoms with Crippen LogP contribution in [-0.4, -0.2) is 18.0 Å². The van der Waals surface area contributed by atoms with E-state index in [0.717, 1.165) is 29.0 Å². The third-order valence-corrected chi connectivity index (χ3v) is 5.16. The SMILES string of the molecule is Cc1nc2cc(NS(=O)(=O)c3ccc(F)cc3)ccc2n1C(C)C. The summed E-state index contributed by atoms with van der Waals surface area (Å²) in [7, 11) is -3.77. The van der Waals surface area contributed by atoms with E-state index in [2.05, 4.69) is 28.1 Å². The third-order valence-electron chi connectivity index (χ3n) is 3.76. The molecule has 0 amide bonds. The quantitative estimate of drug-likeness (QED) is 0.779. The molecule has 7 heteroatoms. The van der Waals surface area contributed by atoms with Crippen molar-refractivity contribution in [2.45, 2.75) is 31.7 Å². The van der Waals surface area contributed by atoms with Crippen LogP contribution in [0.5, 0.6) is 0 Å². The Labute approximate surface area is 140 Å². The van der Waals surface area contributed by atoms with Crippen LogP contribution in [0.2, 0.25) is 0 Å². The van der Waals surface area contributed by atoms with Crippen molar-refractivity contribution in [3.8, 4) is 0 Å². The fourth-order valence-electron chi connectivity index (χ4n) is 2.76. The lowest BCUT2D eigenvalue weighted by Gasteiger charge is -2.11. The van der Waals surface area contributed by atoms with E-state index in [9.17, 15) is 12.8 Å². The van der Waals surface area contributed by atoms with Gasteiger partial charge in [-0.05, 0) is 63.2 Å². The van der Waals surface area contributed by atoms with Crippen LogP contribution in [0.4, 0.5) is 10.1 Å². The van der Waals surface area contributed by atoms with Gasteiger partial charge in [-0.2, -0.15) is 0 Å². The number of halogens is 1. The van der Waals surface area contributed by atoms with E-state index in [1.54, 1.807) is 12.1 Å². The molecule has 0 spiro atoms. The molecule has 1 heterocycles. The average Bonchev–Trinajstić information content (AvgIpc) is 2.82. The first-order valence-corrected chi connectivity index (χ1v) is 9.03. The normalized spacial score (nSPS) is 12.0. The maximum absolute atomic E-state index is 13.0. The Kier molecular flexibility index (Phi) is 4.04. The number of anilines is 1. The van der Waals surface area contributed by atoms with Gasteiger partial charge in [0.05, 0.1) is 21.6 Å². The van der Waals surface area contributed by atoms with Gasteiger partial charge in [0.2, 0.25) is 0 Å². The largest absolute Gasteiger partial charge is 0.326 e. The van der Waals surface area contributed by atoms with Gasteiger partial charge in [-0.3, -0.25) is 4.72 Å². The first-order valence-electron chi connectivity index (χ1n) is 7.55. The molecule has 0 unspecified atom stereocenters. The van der Waals surface area contributed by atoms with Crippen LogP contribution < -0.4 is 4.72 Å². The summed E-state index contributed by atoms with van der Waals surface area (Å²) in [5.41, 5.74) is 2.09. The summed E-state index contributed by atoms with van der Waals surface area (Å²) in [6.07, 6.45) is 0. The van der Waals surface area contributed by atoms with Gasteiger partial charge in [0, 0.05) is 6.04 Å². The zero-order valence-corrected chi connectivity index (χ0v) is 14.4. The van der Waals surface area contributed by atoms with Crippen molar-refractivity contribution < 1.29 is 12.8 Å². The molecule has 3 aromatic rings. The Morgan fingerprint density at radius 1 is 1.12 bits per heavy atom. The van der Waals surface area contributed by atoms with Gasteiger partial charge in [0.1, 0.15) is 11.6 Å². The zero-order chi connectivity index (χ0) is 17.5. The van der Waals surface area contributed by atoms with Gasteiger partial charge in [0.15, 0.2) is 0 Å². The molecule has 0 radical (unpaired) electrons. The van der Waals surface area contributed by atoms with Crippen molar-refractivity contribution in [3.63, 3.8) is 0 Å². The fraction of sp³-hybridized carbons (Fsp3) is 0.235. The predicted octanol–water partition coefficient (Wildman–Crippen LogP) is 3.87. The minimum absolute atomic E-state index is 0.00730. The molecule has 0 saturated carbocycles. The summed E-state index contributed by atoms with van der Waals surface area (Å²) >= 11 is 0. The average molecular weight is 347 g/mol. The van der Waals surface area contributed by atoms with E-state index in [1.165, 1.54) is 12.1 Å². The summed E-state index contributed by atoms with van der Waals surface area (Å²) in [5.74, 6) is 0.392. The first kappa shape index (κ1) is 16.4. The Hall–Kier alpha value is -2.41. The van der Waals surface area contributed by atoms with E-state index >= 15 is 0 Å². The van der Waals surface area contributed by atoms with Crippen LogP contribution in [0.1, 0.15) is 25.7 Å². The molecule has 0 bridgehead atoms. The molecular formula is C17H18FN3O2S. The highest BCUT2D eigenvalue weighted by atomic mass is 32.2. The molecule has 1 N–H and O–H groups in total. The Balaban J connectivity index is 1.97. The van der Waals surface area contributed by atoms with E-state index in [0.29, 0.717) is 5.69 Å². The van der Waals surface area contributed by atoms with Gasteiger partial charge in [-0.25, -0.2) is 17.8 Å². The smallest absolute Gasteiger partial charge is 0.261 e. The summed E-state index contributed by atoms with van der Waals surface area (Å²) in [4.78, 5) is 4.50. The second kappa shape index (κ2) is 5.90. The number of hydrogen-bond acceptors (Lipinski definition) is 3. The monoisotopic (exact) mass is 347 g/mol. The zero-order valence-electron chi connectivity index (χ0n) is 13.6. The lowest BCUT2D eigenvalue weighted by atomic mass is 10.2. The van der Waals surface area contributed by atoms with E-state index in [-0.39, 0.29) is 10.9 Å². The Morgan fingerprint density at radius 2 is 1.79 bits per heavy atom. The second-order valence-electron chi connectivity index (χ2n) is 5.89. The van der Waals surface area contributed by atoms with Gasteiger partial charge in [-0.1, -0.05) is 0 Å². The predicted molar refractivity (Wildman–Crippen MR) is 92.1 cm³/mol. The summed E-state index contributed by atoms with van der Waals surface area (Å²) in [6.45, 7) is 6.06. The van der Waals surface area contributed by atoms with Crippen molar-refractivity contribution in [1.29, 1.82) is 0 Å². The van der Waals surface area contributed by atoms with E-state index in [1.807, 2.05) is 13.0 Å². The highest BCUT2D eigenvalue weighted by molar-refractivity contribution is 7.92. The van der Waals surface area contributed by atoms with Crippen LogP contribution >= 0.6 is 0 Å². The number of nitrogens with zero attached hydrogens (tertiary/aromatic N) is 2. The molecular weight excluding hydrogens is 329 g/mol. The Bertz CT molecular complexity index is 993. The molecule has 1 aromatic heterocycles. The lowest BCUT2D eigenvalue weighted by molar-refractivity contribution is 0.599. The molecule has 5 nitrogen and oxygen atoms in total. The number of fused-ring (bicyclic) bond motifs is 1. The maximum atomic E-state index is 13.0. The van der Waals surface area contributed by atoms with Crippen molar-refractivity contribution in [2.75, 3.05) is 4.72 Å². The van der Waals surface area contributed by atoms with Gasteiger partial charge < -0.3 is 4.57 Å². The highest BCUT2D eigenvalue weighted by Gasteiger charge is 2.16. The molecule has 0 aliphatic heterocycles. The van der Waals surface area contributed by atoms with Crippen LogP contribution in [0.3, 0.4) is 0 Å². The lowest BCUT2D eigenvalue weighted by Crippen LogP contribution is -2.12. The summed E-state index contributed by atoms with van der Waals surface area (Å²) < 4.78 is 42.3. The van der Waals surface area contributed by atoms with Gasteiger partial charge in [0.25, 0.3) is 10.0 Å². The Morgan fingerprint density at radius 3 is 2.42 bits per heavy atom. The molecule has 0 aliphatic carbocycles. The van der Waals surface area contributed by atoms with Crippen LogP contribution in [0.25, 0.3) is 11.0 Å². The molecule has 2 aromatic carbocycles. The standard InChI is InChI=1S/C17H18FN3O2S/c1-11(2)21-12(3)19-16-10-14(6-9-17(16)21)20-24(22,23)15-7-4-13(18)5-8-15/h4-11,20H,1-3H3. The van der Waals surface area contributed by atoms with E-state index < -0.39 is 15.8 Å². The molecule has 3 rings (SSSR count). The summed E-state index contributed by atoms with van der Waals surface area (Å²) in [6, 6.07) is 10.2.